The Morgan fingerprint density at radius 3 is 2.59 bits per heavy atom. The van der Waals surface area contributed by atoms with Gasteiger partial charge in [-0.15, -0.1) is 0 Å². The van der Waals surface area contributed by atoms with Crippen LogP contribution >= 0.6 is 0 Å². The van der Waals surface area contributed by atoms with Crippen LogP contribution in [0, 0.1) is 0 Å². The molecule has 2 aromatic heterocycles. The van der Waals surface area contributed by atoms with E-state index >= 15 is 0 Å². The second kappa shape index (κ2) is 8.66. The monoisotopic (exact) mass is 364 g/mol. The maximum atomic E-state index is 12.5. The lowest BCUT2D eigenvalue weighted by molar-refractivity contribution is 0.102. The standard InChI is InChI=1S/C20H20N4O3/c1-26-16-7-9-19(27-2)18(11-16)24-20(25)17-8-6-15(13-23-17)22-12-14-5-3-4-10-21-14/h3-11,13,22H,12H2,1-2H3,(H,24,25). The molecular weight excluding hydrogens is 344 g/mol. The number of pyridine rings is 2. The molecule has 0 saturated heterocycles. The largest absolute Gasteiger partial charge is 0.497 e. The molecule has 0 atom stereocenters. The smallest absolute Gasteiger partial charge is 0.274 e. The van der Waals surface area contributed by atoms with E-state index in [-0.39, 0.29) is 5.91 Å². The molecule has 0 aliphatic heterocycles. The van der Waals surface area contributed by atoms with Gasteiger partial charge in [-0.2, -0.15) is 0 Å². The van der Waals surface area contributed by atoms with Crippen LogP contribution in [-0.4, -0.2) is 30.1 Å². The Balaban J connectivity index is 1.65. The Labute approximate surface area is 157 Å². The van der Waals surface area contributed by atoms with Crippen molar-refractivity contribution in [3.8, 4) is 11.5 Å². The molecule has 7 nitrogen and oxygen atoms in total. The third-order valence-corrected chi connectivity index (χ3v) is 3.85. The quantitative estimate of drug-likeness (QED) is 0.669. The first-order valence-electron chi connectivity index (χ1n) is 8.33. The zero-order valence-corrected chi connectivity index (χ0v) is 15.1. The maximum absolute atomic E-state index is 12.5. The van der Waals surface area contributed by atoms with E-state index in [0.29, 0.717) is 29.4 Å². The summed E-state index contributed by atoms with van der Waals surface area (Å²) in [5.74, 6) is 0.823. The summed E-state index contributed by atoms with van der Waals surface area (Å²) in [5, 5.41) is 6.01. The van der Waals surface area contributed by atoms with Crippen LogP contribution in [0.2, 0.25) is 0 Å². The molecule has 0 spiro atoms. The van der Waals surface area contributed by atoms with Gasteiger partial charge in [0.2, 0.25) is 0 Å². The van der Waals surface area contributed by atoms with E-state index in [9.17, 15) is 4.79 Å². The third kappa shape index (κ3) is 4.72. The van der Waals surface area contributed by atoms with E-state index < -0.39 is 0 Å². The number of benzene rings is 1. The van der Waals surface area contributed by atoms with E-state index in [1.54, 1.807) is 49.8 Å². The molecule has 0 aliphatic carbocycles. The molecule has 0 radical (unpaired) electrons. The van der Waals surface area contributed by atoms with Gasteiger partial charge in [0.25, 0.3) is 5.91 Å². The van der Waals surface area contributed by atoms with Crippen LogP contribution in [0.1, 0.15) is 16.2 Å². The summed E-state index contributed by atoms with van der Waals surface area (Å²) in [5.41, 5.74) is 2.53. The molecule has 0 bridgehead atoms. The molecule has 2 heterocycles. The highest BCUT2D eigenvalue weighted by atomic mass is 16.5. The Hall–Kier alpha value is -3.61. The molecule has 138 valence electrons. The van der Waals surface area contributed by atoms with Gasteiger partial charge < -0.3 is 20.1 Å². The van der Waals surface area contributed by atoms with Crippen LogP contribution in [0.15, 0.2) is 60.9 Å². The molecule has 2 N–H and O–H groups in total. The molecule has 0 fully saturated rings. The van der Waals surface area contributed by atoms with Gasteiger partial charge in [0.1, 0.15) is 17.2 Å². The predicted octanol–water partition coefficient (Wildman–Crippen LogP) is 3.36. The number of amides is 1. The van der Waals surface area contributed by atoms with Crippen molar-refractivity contribution < 1.29 is 14.3 Å². The van der Waals surface area contributed by atoms with E-state index in [1.807, 2.05) is 18.2 Å². The minimum absolute atomic E-state index is 0.295. The lowest BCUT2D eigenvalue weighted by atomic mass is 10.2. The average Bonchev–Trinajstić information content (AvgIpc) is 2.73. The lowest BCUT2D eigenvalue weighted by Gasteiger charge is -2.12. The molecule has 3 rings (SSSR count). The number of rotatable bonds is 7. The number of hydrogen-bond acceptors (Lipinski definition) is 6. The van der Waals surface area contributed by atoms with Crippen LogP contribution < -0.4 is 20.1 Å². The maximum Gasteiger partial charge on any atom is 0.274 e. The first-order chi connectivity index (χ1) is 13.2. The van der Waals surface area contributed by atoms with Gasteiger partial charge in [0, 0.05) is 12.3 Å². The summed E-state index contributed by atoms with van der Waals surface area (Å²) in [6.45, 7) is 0.578. The molecule has 0 saturated carbocycles. The molecule has 7 heteroatoms. The van der Waals surface area contributed by atoms with Crippen molar-refractivity contribution in [2.75, 3.05) is 24.9 Å². The van der Waals surface area contributed by atoms with Gasteiger partial charge in [-0.25, -0.2) is 4.98 Å². The number of nitrogens with zero attached hydrogens (tertiary/aromatic N) is 2. The van der Waals surface area contributed by atoms with Crippen molar-refractivity contribution in [1.82, 2.24) is 9.97 Å². The Bertz CT molecular complexity index is 899. The third-order valence-electron chi connectivity index (χ3n) is 3.85. The number of hydrogen-bond donors (Lipinski definition) is 2. The minimum Gasteiger partial charge on any atom is -0.497 e. The molecule has 27 heavy (non-hydrogen) atoms. The first-order valence-corrected chi connectivity index (χ1v) is 8.33. The number of nitrogens with one attached hydrogen (secondary N) is 2. The number of aromatic nitrogens is 2. The highest BCUT2D eigenvalue weighted by molar-refractivity contribution is 6.03. The van der Waals surface area contributed by atoms with Crippen LogP contribution in [0.25, 0.3) is 0 Å². The van der Waals surface area contributed by atoms with E-state index in [1.165, 1.54) is 7.11 Å². The SMILES string of the molecule is COc1ccc(OC)c(NC(=O)c2ccc(NCc3ccccn3)cn2)c1. The summed E-state index contributed by atoms with van der Waals surface area (Å²) >= 11 is 0. The lowest BCUT2D eigenvalue weighted by Crippen LogP contribution is -2.14. The fourth-order valence-corrected chi connectivity index (χ4v) is 2.43. The number of ether oxygens (including phenoxy) is 2. The van der Waals surface area contributed by atoms with Gasteiger partial charge in [-0.05, 0) is 36.4 Å². The molecule has 1 amide bonds. The summed E-state index contributed by atoms with van der Waals surface area (Å²) in [6, 6.07) is 14.4. The van der Waals surface area contributed by atoms with Gasteiger partial charge in [-0.1, -0.05) is 6.07 Å². The fourth-order valence-electron chi connectivity index (χ4n) is 2.43. The summed E-state index contributed by atoms with van der Waals surface area (Å²) in [7, 11) is 3.10. The topological polar surface area (TPSA) is 85.4 Å². The zero-order chi connectivity index (χ0) is 19.1. The van der Waals surface area contributed by atoms with Crippen LogP contribution in [0.4, 0.5) is 11.4 Å². The molecule has 1 aromatic carbocycles. The van der Waals surface area contributed by atoms with Crippen LogP contribution in [-0.2, 0) is 6.54 Å². The first kappa shape index (κ1) is 18.2. The van der Waals surface area contributed by atoms with Gasteiger partial charge in [-0.3, -0.25) is 9.78 Å². The second-order valence-electron chi connectivity index (χ2n) is 5.63. The Morgan fingerprint density at radius 2 is 1.93 bits per heavy atom. The summed E-state index contributed by atoms with van der Waals surface area (Å²) in [4.78, 5) is 20.9. The van der Waals surface area contributed by atoms with Crippen LogP contribution in [0.5, 0.6) is 11.5 Å². The van der Waals surface area contributed by atoms with Crippen molar-refractivity contribution in [3.63, 3.8) is 0 Å². The van der Waals surface area contributed by atoms with Crippen molar-refractivity contribution in [2.24, 2.45) is 0 Å². The number of anilines is 2. The van der Waals surface area contributed by atoms with E-state index in [4.69, 9.17) is 9.47 Å². The molecule has 0 unspecified atom stereocenters. The Morgan fingerprint density at radius 1 is 1.04 bits per heavy atom. The Kier molecular flexibility index (Phi) is 5.84. The molecule has 0 aliphatic rings. The van der Waals surface area contributed by atoms with Crippen molar-refractivity contribution in [2.45, 2.75) is 6.54 Å². The normalized spacial score (nSPS) is 10.1. The van der Waals surface area contributed by atoms with Crippen molar-refractivity contribution in [3.05, 3.63) is 72.3 Å². The van der Waals surface area contributed by atoms with Gasteiger partial charge in [0.05, 0.1) is 44.0 Å². The minimum atomic E-state index is -0.335. The van der Waals surface area contributed by atoms with Crippen molar-refractivity contribution in [1.29, 1.82) is 0 Å². The zero-order valence-electron chi connectivity index (χ0n) is 15.1. The highest BCUT2D eigenvalue weighted by Gasteiger charge is 2.12. The van der Waals surface area contributed by atoms with Gasteiger partial charge >= 0.3 is 0 Å². The van der Waals surface area contributed by atoms with Crippen LogP contribution in [0.3, 0.4) is 0 Å². The molecular formula is C20H20N4O3. The summed E-state index contributed by atoms with van der Waals surface area (Å²) in [6.07, 6.45) is 3.36. The fraction of sp³-hybridized carbons (Fsp3) is 0.150. The second-order valence-corrected chi connectivity index (χ2v) is 5.63. The number of carbonyl (C=O) groups excluding carboxylic acids is 1. The average molecular weight is 364 g/mol. The molecule has 3 aromatic rings. The van der Waals surface area contributed by atoms with E-state index in [0.717, 1.165) is 11.4 Å². The van der Waals surface area contributed by atoms with Crippen molar-refractivity contribution >= 4 is 17.3 Å². The predicted molar refractivity (Wildman–Crippen MR) is 103 cm³/mol. The van der Waals surface area contributed by atoms with Gasteiger partial charge in [0.15, 0.2) is 0 Å². The number of carbonyl (C=O) groups is 1. The van der Waals surface area contributed by atoms with E-state index in [2.05, 4.69) is 20.6 Å². The summed E-state index contributed by atoms with van der Waals surface area (Å²) < 4.78 is 10.5. The number of methoxy groups -OCH3 is 2. The highest BCUT2D eigenvalue weighted by Crippen LogP contribution is 2.29.